The first-order valence-electron chi connectivity index (χ1n) is 15.5. The van der Waals surface area contributed by atoms with E-state index in [9.17, 15) is 0 Å². The topological polar surface area (TPSA) is 35.1 Å². The lowest BCUT2D eigenvalue weighted by Gasteiger charge is -2.16. The van der Waals surface area contributed by atoms with Crippen molar-refractivity contribution in [2.24, 2.45) is 0 Å². The van der Waals surface area contributed by atoms with Crippen molar-refractivity contribution in [1.29, 1.82) is 0 Å². The van der Waals surface area contributed by atoms with Gasteiger partial charge in [-0.1, -0.05) is 115 Å². The number of hydrogen-bond donors (Lipinski definition) is 0. The number of hydrogen-bond acceptors (Lipinski definition) is 2. The molecule has 0 saturated heterocycles. The summed E-state index contributed by atoms with van der Waals surface area (Å²) < 4.78 is 23.8. The van der Waals surface area contributed by atoms with Crippen LogP contribution in [0, 0.1) is 0 Å². The number of rotatable bonds is 3. The third kappa shape index (κ3) is 3.41. The Bertz CT molecular complexity index is 2720. The Labute approximate surface area is 265 Å². The van der Waals surface area contributed by atoms with Gasteiger partial charge in [-0.05, 0) is 59.2 Å². The molecule has 0 spiro atoms. The second kappa shape index (κ2) is 9.44. The van der Waals surface area contributed by atoms with Gasteiger partial charge in [0, 0.05) is 48.7 Å². The molecule has 3 heterocycles. The summed E-state index contributed by atoms with van der Waals surface area (Å²) >= 11 is 0. The van der Waals surface area contributed by atoms with Crippen molar-refractivity contribution in [3.63, 3.8) is 0 Å². The number of para-hydroxylation sites is 2. The maximum atomic E-state index is 15.3. The molecule has 9 aromatic rings. The van der Waals surface area contributed by atoms with Crippen LogP contribution in [0.25, 0.3) is 71.7 Å². The molecular formula is C42H26NO2P. The zero-order chi connectivity index (χ0) is 30.4. The first-order valence-corrected chi connectivity index (χ1v) is 17.3. The Morgan fingerprint density at radius 2 is 1.17 bits per heavy atom. The van der Waals surface area contributed by atoms with Crippen LogP contribution < -0.4 is 15.9 Å². The third-order valence-electron chi connectivity index (χ3n) is 9.62. The lowest BCUT2D eigenvalue weighted by molar-refractivity contribution is 0.593. The van der Waals surface area contributed by atoms with Crippen LogP contribution in [0.2, 0.25) is 0 Å². The summed E-state index contributed by atoms with van der Waals surface area (Å²) in [6.07, 6.45) is 0. The van der Waals surface area contributed by atoms with Gasteiger partial charge in [0.15, 0.2) is 7.14 Å². The number of fused-ring (bicyclic) bond motifs is 10. The first-order chi connectivity index (χ1) is 22.7. The SMILES string of the molecule is O=P1(c2ccccc2)c2ccccc2-c2c1ccc1c3ccccc3n(-c3ccc(-c4ccc5c(c4)oc4ccccc45)cc3)c21. The zero-order valence-electron chi connectivity index (χ0n) is 24.7. The van der Waals surface area contributed by atoms with E-state index in [-0.39, 0.29) is 0 Å². The quantitative estimate of drug-likeness (QED) is 0.187. The molecule has 0 saturated carbocycles. The number of benzene rings is 7. The Morgan fingerprint density at radius 3 is 2.04 bits per heavy atom. The fourth-order valence-corrected chi connectivity index (χ4v) is 10.6. The highest BCUT2D eigenvalue weighted by atomic mass is 31.2. The van der Waals surface area contributed by atoms with E-state index in [1.807, 2.05) is 54.6 Å². The van der Waals surface area contributed by atoms with Gasteiger partial charge in [-0.15, -0.1) is 0 Å². The predicted octanol–water partition coefficient (Wildman–Crippen LogP) is 9.97. The van der Waals surface area contributed by atoms with E-state index in [2.05, 4.69) is 108 Å². The molecule has 0 N–H and O–H groups in total. The van der Waals surface area contributed by atoms with Crippen LogP contribution in [0.4, 0.5) is 0 Å². The summed E-state index contributed by atoms with van der Waals surface area (Å²) in [5.74, 6) is 0. The van der Waals surface area contributed by atoms with Gasteiger partial charge >= 0.3 is 0 Å². The van der Waals surface area contributed by atoms with Crippen molar-refractivity contribution in [1.82, 2.24) is 4.57 Å². The van der Waals surface area contributed by atoms with Crippen molar-refractivity contribution in [3.8, 4) is 27.9 Å². The molecule has 1 aliphatic heterocycles. The van der Waals surface area contributed by atoms with Crippen molar-refractivity contribution in [2.75, 3.05) is 0 Å². The average molecular weight is 608 g/mol. The van der Waals surface area contributed by atoms with Gasteiger partial charge in [0.2, 0.25) is 0 Å². The van der Waals surface area contributed by atoms with Crippen LogP contribution in [0.3, 0.4) is 0 Å². The summed E-state index contributed by atoms with van der Waals surface area (Å²) in [6.45, 7) is 0. The molecule has 46 heavy (non-hydrogen) atoms. The second-order valence-electron chi connectivity index (χ2n) is 12.0. The molecule has 1 aliphatic rings. The summed E-state index contributed by atoms with van der Waals surface area (Å²) in [7, 11) is -3.06. The van der Waals surface area contributed by atoms with Crippen LogP contribution >= 0.6 is 7.14 Å². The van der Waals surface area contributed by atoms with Gasteiger partial charge in [0.25, 0.3) is 0 Å². The molecule has 7 aromatic carbocycles. The molecular weight excluding hydrogens is 581 g/mol. The van der Waals surface area contributed by atoms with Crippen molar-refractivity contribution >= 4 is 66.8 Å². The van der Waals surface area contributed by atoms with Crippen LogP contribution in [0.5, 0.6) is 0 Å². The van der Waals surface area contributed by atoms with Gasteiger partial charge in [0.1, 0.15) is 11.2 Å². The Morgan fingerprint density at radius 1 is 0.500 bits per heavy atom. The normalized spacial score (nSPS) is 15.6. The summed E-state index contributed by atoms with van der Waals surface area (Å²) in [4.78, 5) is 0. The van der Waals surface area contributed by atoms with E-state index in [1.54, 1.807) is 0 Å². The van der Waals surface area contributed by atoms with Gasteiger partial charge in [-0.2, -0.15) is 0 Å². The molecule has 0 radical (unpaired) electrons. The summed E-state index contributed by atoms with van der Waals surface area (Å²) in [6, 6.07) is 54.5. The van der Waals surface area contributed by atoms with Crippen molar-refractivity contribution in [2.45, 2.75) is 0 Å². The minimum Gasteiger partial charge on any atom is -0.456 e. The minimum atomic E-state index is -3.06. The fraction of sp³-hybridized carbons (Fsp3) is 0. The van der Waals surface area contributed by atoms with Crippen LogP contribution in [-0.2, 0) is 4.57 Å². The van der Waals surface area contributed by atoms with E-state index in [4.69, 9.17) is 4.42 Å². The smallest absolute Gasteiger partial charge is 0.172 e. The van der Waals surface area contributed by atoms with Crippen LogP contribution in [0.1, 0.15) is 0 Å². The van der Waals surface area contributed by atoms with Crippen molar-refractivity contribution in [3.05, 3.63) is 158 Å². The number of aromatic nitrogens is 1. The first kappa shape index (κ1) is 25.7. The fourth-order valence-electron chi connectivity index (χ4n) is 7.56. The highest BCUT2D eigenvalue weighted by molar-refractivity contribution is 7.86. The Balaban J connectivity index is 1.20. The molecule has 1 atom stereocenters. The molecule has 2 aromatic heterocycles. The average Bonchev–Trinajstić information content (AvgIpc) is 3.75. The lowest BCUT2D eigenvalue weighted by atomic mass is 10.0. The van der Waals surface area contributed by atoms with Crippen LogP contribution in [-0.4, -0.2) is 4.57 Å². The van der Waals surface area contributed by atoms with Gasteiger partial charge in [0.05, 0.1) is 11.0 Å². The van der Waals surface area contributed by atoms with E-state index in [0.717, 1.165) is 82.2 Å². The standard InChI is InChI=1S/C42H26NO2P/c44-46(30-10-2-1-3-11-30)39-17-9-6-14-35(39)41-40(46)25-24-34-31-12-4-7-15-36(31)43(42(34)41)29-21-18-27(19-22-29)28-20-23-33-32-13-5-8-16-37(32)45-38(33)26-28/h1-26H. The molecule has 3 nitrogen and oxygen atoms in total. The van der Waals surface area contributed by atoms with E-state index in [0.29, 0.717) is 0 Å². The lowest BCUT2D eigenvalue weighted by Crippen LogP contribution is -2.20. The predicted molar refractivity (Wildman–Crippen MR) is 192 cm³/mol. The molecule has 0 aliphatic carbocycles. The molecule has 216 valence electrons. The maximum Gasteiger partial charge on any atom is 0.172 e. The van der Waals surface area contributed by atoms with Gasteiger partial charge < -0.3 is 13.5 Å². The van der Waals surface area contributed by atoms with Crippen LogP contribution in [0.15, 0.2) is 162 Å². The minimum absolute atomic E-state index is 0.869. The highest BCUT2D eigenvalue weighted by Gasteiger charge is 2.41. The number of nitrogens with zero attached hydrogens (tertiary/aromatic N) is 1. The monoisotopic (exact) mass is 607 g/mol. The van der Waals surface area contributed by atoms with E-state index >= 15 is 4.57 Å². The Kier molecular flexibility index (Phi) is 5.27. The zero-order valence-corrected chi connectivity index (χ0v) is 25.6. The number of furan rings is 1. The molecule has 0 amide bonds. The molecule has 1 unspecified atom stereocenters. The van der Waals surface area contributed by atoms with E-state index < -0.39 is 7.14 Å². The largest absolute Gasteiger partial charge is 0.456 e. The Hall–Kier alpha value is -5.63. The summed E-state index contributed by atoms with van der Waals surface area (Å²) in [5.41, 5.74) is 9.43. The van der Waals surface area contributed by atoms with Crippen molar-refractivity contribution < 1.29 is 8.98 Å². The van der Waals surface area contributed by atoms with Gasteiger partial charge in [-0.3, -0.25) is 0 Å². The molecule has 4 heteroatoms. The van der Waals surface area contributed by atoms with E-state index in [1.165, 1.54) is 5.39 Å². The molecule has 0 fully saturated rings. The molecule has 0 bridgehead atoms. The second-order valence-corrected chi connectivity index (χ2v) is 14.7. The highest BCUT2D eigenvalue weighted by Crippen LogP contribution is 2.54. The van der Waals surface area contributed by atoms with Gasteiger partial charge in [-0.25, -0.2) is 0 Å². The third-order valence-corrected chi connectivity index (χ3v) is 12.8. The molecule has 10 rings (SSSR count). The summed E-state index contributed by atoms with van der Waals surface area (Å²) in [5, 5.41) is 7.29. The maximum absolute atomic E-state index is 15.3.